The number of aromatic nitrogens is 2. The first kappa shape index (κ1) is 15.9. The second-order valence-corrected chi connectivity index (χ2v) is 5.26. The lowest BCUT2D eigenvalue weighted by Gasteiger charge is -2.08. The van der Waals surface area contributed by atoms with Gasteiger partial charge in [0.05, 0.1) is 5.69 Å². The van der Waals surface area contributed by atoms with Gasteiger partial charge < -0.3 is 4.74 Å². The van der Waals surface area contributed by atoms with Gasteiger partial charge in [-0.2, -0.15) is 0 Å². The van der Waals surface area contributed by atoms with Crippen LogP contribution in [0.3, 0.4) is 0 Å². The van der Waals surface area contributed by atoms with Gasteiger partial charge in [0.1, 0.15) is 10.6 Å². The lowest BCUT2D eigenvalue weighted by Crippen LogP contribution is -2.43. The zero-order valence-corrected chi connectivity index (χ0v) is 13.1. The summed E-state index contributed by atoms with van der Waals surface area (Å²) in [6.45, 7) is 3.62. The van der Waals surface area contributed by atoms with Crippen LogP contribution in [0.15, 0.2) is 24.3 Å². The Balaban J connectivity index is 1.79. The Morgan fingerprint density at radius 1 is 1.32 bits per heavy atom. The molecule has 1 aromatic carbocycles. The molecule has 1 aromatic heterocycles. The van der Waals surface area contributed by atoms with E-state index in [1.807, 2.05) is 32.0 Å². The topological polar surface area (TPSA) is 93.2 Å². The molecule has 0 saturated heterocycles. The Morgan fingerprint density at radius 2 is 2.14 bits per heavy atom. The lowest BCUT2D eigenvalue weighted by molar-refractivity contribution is -0.123. The summed E-state index contributed by atoms with van der Waals surface area (Å²) in [5.41, 5.74) is 6.26. The molecule has 0 unspecified atom stereocenters. The van der Waals surface area contributed by atoms with E-state index in [0.29, 0.717) is 22.7 Å². The zero-order valence-electron chi connectivity index (χ0n) is 12.3. The van der Waals surface area contributed by atoms with Gasteiger partial charge in [-0.1, -0.05) is 23.5 Å². The van der Waals surface area contributed by atoms with E-state index in [0.717, 1.165) is 17.1 Å². The van der Waals surface area contributed by atoms with Crippen molar-refractivity contribution >= 4 is 23.3 Å². The highest BCUT2D eigenvalue weighted by atomic mass is 32.1. The molecule has 0 fully saturated rings. The highest BCUT2D eigenvalue weighted by Crippen LogP contribution is 2.12. The van der Waals surface area contributed by atoms with Gasteiger partial charge in [0.2, 0.25) is 0 Å². The first-order valence-electron chi connectivity index (χ1n) is 6.70. The van der Waals surface area contributed by atoms with E-state index in [1.165, 1.54) is 0 Å². The van der Waals surface area contributed by atoms with Crippen molar-refractivity contribution in [2.45, 2.75) is 20.3 Å². The Bertz CT molecular complexity index is 672. The van der Waals surface area contributed by atoms with Crippen LogP contribution in [0.5, 0.6) is 5.75 Å². The fourth-order valence-corrected chi connectivity index (χ4v) is 2.33. The van der Waals surface area contributed by atoms with Crippen LogP contribution < -0.4 is 15.6 Å². The first-order valence-corrected chi connectivity index (χ1v) is 7.47. The molecule has 2 aromatic rings. The third-order valence-electron chi connectivity index (χ3n) is 2.77. The highest BCUT2D eigenvalue weighted by molar-refractivity contribution is 7.08. The van der Waals surface area contributed by atoms with Crippen molar-refractivity contribution in [3.63, 3.8) is 0 Å². The minimum Gasteiger partial charge on any atom is -0.484 e. The molecule has 22 heavy (non-hydrogen) atoms. The fraction of sp³-hybridized carbons (Fsp3) is 0.286. The van der Waals surface area contributed by atoms with E-state index in [-0.39, 0.29) is 6.61 Å². The standard InChI is InChI=1S/C14H16N4O3S/c1-3-11-13(22-18-15-11)14(20)17-16-12(19)8-21-10-6-4-5-9(2)7-10/h4-7H,3,8H2,1-2H3,(H,16,19)(H,17,20). The SMILES string of the molecule is CCc1nnsc1C(=O)NNC(=O)COc1cccc(C)c1. The number of benzene rings is 1. The van der Waals surface area contributed by atoms with E-state index in [4.69, 9.17) is 4.74 Å². The summed E-state index contributed by atoms with van der Waals surface area (Å²) in [6, 6.07) is 7.35. The molecular weight excluding hydrogens is 304 g/mol. The third-order valence-corrected chi connectivity index (χ3v) is 3.54. The van der Waals surface area contributed by atoms with Crippen LogP contribution in [0.25, 0.3) is 0 Å². The Morgan fingerprint density at radius 3 is 2.86 bits per heavy atom. The molecule has 1 heterocycles. The summed E-state index contributed by atoms with van der Waals surface area (Å²) in [6.07, 6.45) is 0.601. The number of hydrazine groups is 1. The van der Waals surface area contributed by atoms with Crippen molar-refractivity contribution in [3.05, 3.63) is 40.4 Å². The molecule has 0 saturated carbocycles. The zero-order chi connectivity index (χ0) is 15.9. The van der Waals surface area contributed by atoms with Crippen molar-refractivity contribution in [2.24, 2.45) is 0 Å². The van der Waals surface area contributed by atoms with E-state index in [2.05, 4.69) is 20.4 Å². The van der Waals surface area contributed by atoms with E-state index in [9.17, 15) is 9.59 Å². The summed E-state index contributed by atoms with van der Waals surface area (Å²) in [7, 11) is 0. The van der Waals surface area contributed by atoms with Crippen LogP contribution in [0.2, 0.25) is 0 Å². The average Bonchev–Trinajstić information content (AvgIpc) is 2.99. The van der Waals surface area contributed by atoms with Gasteiger partial charge in [-0.25, -0.2) is 0 Å². The summed E-state index contributed by atoms with van der Waals surface area (Å²) < 4.78 is 9.05. The number of amides is 2. The summed E-state index contributed by atoms with van der Waals surface area (Å²) in [5.74, 6) is -0.289. The van der Waals surface area contributed by atoms with Crippen LogP contribution in [0, 0.1) is 6.92 Å². The molecule has 0 aliphatic heterocycles. The predicted molar refractivity (Wildman–Crippen MR) is 81.6 cm³/mol. The van der Waals surface area contributed by atoms with Crippen molar-refractivity contribution < 1.29 is 14.3 Å². The molecule has 2 N–H and O–H groups in total. The Hall–Kier alpha value is -2.48. The van der Waals surface area contributed by atoms with Crippen LogP contribution in [0.1, 0.15) is 27.9 Å². The third kappa shape index (κ3) is 4.26. The predicted octanol–water partition coefficient (Wildman–Crippen LogP) is 1.25. The van der Waals surface area contributed by atoms with Crippen molar-refractivity contribution in [1.29, 1.82) is 0 Å². The first-order chi connectivity index (χ1) is 10.6. The molecule has 2 rings (SSSR count). The molecule has 7 nitrogen and oxygen atoms in total. The smallest absolute Gasteiger partial charge is 0.283 e. The van der Waals surface area contributed by atoms with Crippen LogP contribution in [0.4, 0.5) is 0 Å². The highest BCUT2D eigenvalue weighted by Gasteiger charge is 2.15. The molecular formula is C14H16N4O3S. The van der Waals surface area contributed by atoms with Crippen LogP contribution >= 0.6 is 11.5 Å². The second-order valence-electron chi connectivity index (χ2n) is 4.51. The second kappa shape index (κ2) is 7.51. The molecule has 0 aliphatic rings. The van der Waals surface area contributed by atoms with E-state index < -0.39 is 11.8 Å². The molecule has 0 aliphatic carbocycles. The number of carbonyl (C=O) groups excluding carboxylic acids is 2. The molecule has 8 heteroatoms. The maximum atomic E-state index is 11.9. The van der Waals surface area contributed by atoms with Gasteiger partial charge in [0, 0.05) is 0 Å². The van der Waals surface area contributed by atoms with Gasteiger partial charge in [-0.15, -0.1) is 5.10 Å². The van der Waals surface area contributed by atoms with Gasteiger partial charge in [0.15, 0.2) is 6.61 Å². The van der Waals surface area contributed by atoms with Gasteiger partial charge in [-0.05, 0) is 42.6 Å². The number of hydrogen-bond donors (Lipinski definition) is 2. The minimum atomic E-state index is -0.453. The number of nitrogens with zero attached hydrogens (tertiary/aromatic N) is 2. The van der Waals surface area contributed by atoms with Crippen molar-refractivity contribution in [2.75, 3.05) is 6.61 Å². The number of hydrogen-bond acceptors (Lipinski definition) is 6. The number of nitrogens with one attached hydrogen (secondary N) is 2. The maximum Gasteiger partial charge on any atom is 0.283 e. The Kier molecular flexibility index (Phi) is 5.42. The summed E-state index contributed by atoms with van der Waals surface area (Å²) >= 11 is 0.990. The average molecular weight is 320 g/mol. The monoisotopic (exact) mass is 320 g/mol. The summed E-state index contributed by atoms with van der Waals surface area (Å²) in [5, 5.41) is 3.84. The molecule has 2 amide bonds. The normalized spacial score (nSPS) is 10.1. The minimum absolute atomic E-state index is 0.189. The largest absolute Gasteiger partial charge is 0.484 e. The molecule has 116 valence electrons. The lowest BCUT2D eigenvalue weighted by atomic mass is 10.2. The van der Waals surface area contributed by atoms with Gasteiger partial charge >= 0.3 is 0 Å². The molecule has 0 bridgehead atoms. The van der Waals surface area contributed by atoms with Crippen molar-refractivity contribution in [3.8, 4) is 5.75 Å². The number of ether oxygens (including phenoxy) is 1. The number of carbonyl (C=O) groups is 2. The van der Waals surface area contributed by atoms with Crippen molar-refractivity contribution in [1.82, 2.24) is 20.4 Å². The molecule has 0 radical (unpaired) electrons. The van der Waals surface area contributed by atoms with Crippen LogP contribution in [-0.2, 0) is 11.2 Å². The van der Waals surface area contributed by atoms with Gasteiger partial charge in [0.25, 0.3) is 11.8 Å². The molecule has 0 spiro atoms. The molecule has 0 atom stereocenters. The fourth-order valence-electron chi connectivity index (χ4n) is 1.69. The maximum absolute atomic E-state index is 11.9. The van der Waals surface area contributed by atoms with E-state index in [1.54, 1.807) is 6.07 Å². The van der Waals surface area contributed by atoms with Crippen LogP contribution in [-0.4, -0.2) is 28.0 Å². The van der Waals surface area contributed by atoms with Gasteiger partial charge in [-0.3, -0.25) is 20.4 Å². The number of rotatable bonds is 5. The Labute approximate surface area is 131 Å². The van der Waals surface area contributed by atoms with E-state index >= 15 is 0 Å². The quantitative estimate of drug-likeness (QED) is 0.809. The number of aryl methyl sites for hydroxylation is 2. The summed E-state index contributed by atoms with van der Waals surface area (Å²) in [4.78, 5) is 23.9.